The molecule has 2 saturated heterocycles. The highest BCUT2D eigenvalue weighted by Crippen LogP contribution is 2.44. The molecule has 0 N–H and O–H groups in total. The minimum absolute atomic E-state index is 0.0246. The van der Waals surface area contributed by atoms with Crippen LogP contribution in [0.4, 0.5) is 22.0 Å². The van der Waals surface area contributed by atoms with E-state index in [0.717, 1.165) is 30.3 Å². The van der Waals surface area contributed by atoms with Gasteiger partial charge in [-0.3, -0.25) is 4.79 Å². The quantitative estimate of drug-likeness (QED) is 0.405. The van der Waals surface area contributed by atoms with Gasteiger partial charge in [0.05, 0.1) is 22.4 Å². The van der Waals surface area contributed by atoms with Crippen LogP contribution in [0.25, 0.3) is 11.3 Å². The molecular formula is C25H20F5N5O2. The van der Waals surface area contributed by atoms with Crippen molar-refractivity contribution in [3.05, 3.63) is 64.4 Å². The van der Waals surface area contributed by atoms with Crippen molar-refractivity contribution in [3.63, 3.8) is 0 Å². The lowest BCUT2D eigenvalue weighted by Crippen LogP contribution is -2.46. The normalized spacial score (nSPS) is 21.4. The zero-order chi connectivity index (χ0) is 26.5. The van der Waals surface area contributed by atoms with E-state index >= 15 is 0 Å². The molecule has 12 heteroatoms. The van der Waals surface area contributed by atoms with Crippen molar-refractivity contribution >= 4 is 5.91 Å². The lowest BCUT2D eigenvalue weighted by Gasteiger charge is -2.38. The smallest absolute Gasteiger partial charge is 0.340 e. The van der Waals surface area contributed by atoms with Crippen LogP contribution >= 0.6 is 0 Å². The maximum atomic E-state index is 14.1. The number of benzene rings is 1. The monoisotopic (exact) mass is 517 g/mol. The number of pyridine rings is 1. The van der Waals surface area contributed by atoms with E-state index < -0.39 is 29.8 Å². The summed E-state index contributed by atoms with van der Waals surface area (Å²) in [7, 11) is 0. The molecule has 5 rings (SSSR count). The Labute approximate surface area is 207 Å². The third-order valence-corrected chi connectivity index (χ3v) is 6.97. The predicted molar refractivity (Wildman–Crippen MR) is 118 cm³/mol. The van der Waals surface area contributed by atoms with Gasteiger partial charge in [-0.25, -0.2) is 13.8 Å². The number of halogens is 5. The fourth-order valence-corrected chi connectivity index (χ4v) is 5.33. The van der Waals surface area contributed by atoms with Gasteiger partial charge in [0.1, 0.15) is 11.8 Å². The highest BCUT2D eigenvalue weighted by molar-refractivity contribution is 5.97. The zero-order valence-electron chi connectivity index (χ0n) is 19.5. The van der Waals surface area contributed by atoms with Gasteiger partial charge in [0.15, 0.2) is 5.82 Å². The van der Waals surface area contributed by atoms with Crippen LogP contribution in [0.15, 0.2) is 34.9 Å². The lowest BCUT2D eigenvalue weighted by atomic mass is 9.89. The first kappa shape index (κ1) is 24.8. The molecule has 2 fully saturated rings. The summed E-state index contributed by atoms with van der Waals surface area (Å²) >= 11 is 0. The standard InChI is InChI=1S/C25H20F5N5O2/c1-12-32-23(34-37-12)14-8-17-6-7-18(9-14)35(17)24(36)19-10-15(11-31)20(33-21(19)22(26)27)13-2-4-16(5-3-13)25(28,29)30/h2-5,10,14,17-18,22H,6-9H2,1H3/t14-,17+,18-. The van der Waals surface area contributed by atoms with Crippen LogP contribution in [-0.4, -0.2) is 38.0 Å². The molecule has 37 heavy (non-hydrogen) atoms. The lowest BCUT2D eigenvalue weighted by molar-refractivity contribution is -0.137. The Morgan fingerprint density at radius 3 is 2.30 bits per heavy atom. The van der Waals surface area contributed by atoms with Gasteiger partial charge >= 0.3 is 6.18 Å². The van der Waals surface area contributed by atoms with E-state index in [-0.39, 0.29) is 40.4 Å². The first-order valence-electron chi connectivity index (χ1n) is 11.6. The van der Waals surface area contributed by atoms with Gasteiger partial charge in [0.2, 0.25) is 5.89 Å². The number of nitriles is 1. The third kappa shape index (κ3) is 4.54. The van der Waals surface area contributed by atoms with Gasteiger partial charge in [-0.15, -0.1) is 0 Å². The number of fused-ring (bicyclic) bond motifs is 2. The first-order valence-corrected chi connectivity index (χ1v) is 11.6. The van der Waals surface area contributed by atoms with E-state index in [1.807, 2.05) is 6.07 Å². The van der Waals surface area contributed by atoms with Gasteiger partial charge in [-0.1, -0.05) is 17.3 Å². The zero-order valence-corrected chi connectivity index (χ0v) is 19.5. The SMILES string of the molecule is Cc1nc([C@H]2C[C@H]3CC[C@@H](C2)N3C(=O)c2cc(C#N)c(-c3ccc(C(F)(F)F)cc3)nc2C(F)F)no1. The number of aryl methyl sites for hydroxylation is 1. The molecule has 1 amide bonds. The van der Waals surface area contributed by atoms with E-state index in [2.05, 4.69) is 15.1 Å². The topological polar surface area (TPSA) is 95.9 Å². The number of piperidine rings is 1. The van der Waals surface area contributed by atoms with Crippen molar-refractivity contribution in [3.8, 4) is 17.3 Å². The summed E-state index contributed by atoms with van der Waals surface area (Å²) in [5.74, 6) is 0.326. The summed E-state index contributed by atoms with van der Waals surface area (Å²) in [4.78, 5) is 23.4. The minimum Gasteiger partial charge on any atom is -0.340 e. The second-order valence-electron chi connectivity index (χ2n) is 9.24. The van der Waals surface area contributed by atoms with E-state index in [4.69, 9.17) is 4.52 Å². The van der Waals surface area contributed by atoms with Crippen molar-refractivity contribution in [1.82, 2.24) is 20.0 Å². The third-order valence-electron chi connectivity index (χ3n) is 6.97. The first-order chi connectivity index (χ1) is 17.6. The Morgan fingerprint density at radius 1 is 1.14 bits per heavy atom. The van der Waals surface area contributed by atoms with Gasteiger partial charge in [0.25, 0.3) is 12.3 Å². The number of amides is 1. The van der Waals surface area contributed by atoms with Gasteiger partial charge in [-0.2, -0.15) is 23.4 Å². The second-order valence-corrected chi connectivity index (χ2v) is 9.24. The van der Waals surface area contributed by atoms with E-state index in [9.17, 15) is 32.0 Å². The van der Waals surface area contributed by atoms with Crippen LogP contribution in [-0.2, 0) is 6.18 Å². The number of carbonyl (C=O) groups excluding carboxylic acids is 1. The maximum Gasteiger partial charge on any atom is 0.416 e. The number of alkyl halides is 5. The number of hydrogen-bond donors (Lipinski definition) is 0. The van der Waals surface area contributed by atoms with Gasteiger partial charge in [0, 0.05) is 30.5 Å². The van der Waals surface area contributed by atoms with Crippen LogP contribution in [0.1, 0.15) is 76.9 Å². The van der Waals surface area contributed by atoms with Crippen molar-refractivity contribution in [1.29, 1.82) is 5.26 Å². The summed E-state index contributed by atoms with van der Waals surface area (Å²) in [5, 5.41) is 13.7. The molecule has 0 unspecified atom stereocenters. The molecule has 3 aromatic rings. The molecule has 4 heterocycles. The maximum absolute atomic E-state index is 14.1. The Bertz CT molecular complexity index is 1370. The highest BCUT2D eigenvalue weighted by Gasteiger charge is 2.46. The fraction of sp³-hybridized carbons (Fsp3) is 0.400. The Balaban J connectivity index is 1.48. The molecule has 0 saturated carbocycles. The molecule has 2 aliphatic heterocycles. The number of carbonyl (C=O) groups is 1. The van der Waals surface area contributed by atoms with E-state index in [0.29, 0.717) is 37.4 Å². The Kier molecular flexibility index (Phi) is 6.17. The molecule has 0 radical (unpaired) electrons. The molecule has 7 nitrogen and oxygen atoms in total. The Morgan fingerprint density at radius 2 is 1.78 bits per heavy atom. The summed E-state index contributed by atoms with van der Waals surface area (Å²) < 4.78 is 72.1. The molecule has 1 aromatic carbocycles. The molecule has 2 aromatic heterocycles. The van der Waals surface area contributed by atoms with Crippen molar-refractivity contribution in [2.75, 3.05) is 0 Å². The van der Waals surface area contributed by atoms with Gasteiger partial charge < -0.3 is 9.42 Å². The highest BCUT2D eigenvalue weighted by atomic mass is 19.4. The Hall–Kier alpha value is -3.88. The average molecular weight is 517 g/mol. The van der Waals surface area contributed by atoms with E-state index in [1.54, 1.807) is 11.8 Å². The molecule has 192 valence electrons. The van der Waals surface area contributed by atoms with Crippen LogP contribution in [0.2, 0.25) is 0 Å². The average Bonchev–Trinajstić information content (AvgIpc) is 3.42. The van der Waals surface area contributed by atoms with Crippen molar-refractivity contribution in [2.24, 2.45) is 0 Å². The van der Waals surface area contributed by atoms with Gasteiger partial charge in [-0.05, 0) is 43.9 Å². The molecule has 2 aliphatic rings. The summed E-state index contributed by atoms with van der Waals surface area (Å²) in [5.41, 5.74) is -2.45. The number of nitrogens with zero attached hydrogens (tertiary/aromatic N) is 5. The van der Waals surface area contributed by atoms with Crippen LogP contribution in [0.5, 0.6) is 0 Å². The fourth-order valence-electron chi connectivity index (χ4n) is 5.33. The van der Waals surface area contributed by atoms with E-state index in [1.165, 1.54) is 0 Å². The summed E-state index contributed by atoms with van der Waals surface area (Å²) in [6.07, 6.45) is -5.24. The number of rotatable bonds is 4. The second kappa shape index (κ2) is 9.21. The van der Waals surface area contributed by atoms with Crippen LogP contribution < -0.4 is 0 Å². The van der Waals surface area contributed by atoms with Crippen molar-refractivity contribution < 1.29 is 31.3 Å². The van der Waals surface area contributed by atoms with Crippen molar-refractivity contribution in [2.45, 2.75) is 63.2 Å². The molecule has 2 bridgehead atoms. The number of hydrogen-bond acceptors (Lipinski definition) is 6. The molecule has 3 atom stereocenters. The minimum atomic E-state index is -4.58. The van der Waals surface area contributed by atoms with Crippen LogP contribution in [0.3, 0.4) is 0 Å². The summed E-state index contributed by atoms with van der Waals surface area (Å²) in [6.45, 7) is 1.68. The summed E-state index contributed by atoms with van der Waals surface area (Å²) in [6, 6.07) is 6.16. The molecule has 0 aliphatic carbocycles. The predicted octanol–water partition coefficient (Wildman–Crippen LogP) is 5.82. The molecular weight excluding hydrogens is 497 g/mol. The van der Waals surface area contributed by atoms with Crippen LogP contribution in [0, 0.1) is 18.3 Å². The molecule has 0 spiro atoms. The number of aromatic nitrogens is 3. The largest absolute Gasteiger partial charge is 0.416 e.